The third-order valence-electron chi connectivity index (χ3n) is 6.16. The van der Waals surface area contributed by atoms with Gasteiger partial charge in [-0.3, -0.25) is 4.99 Å². The molecule has 0 radical (unpaired) electrons. The van der Waals surface area contributed by atoms with E-state index in [0.29, 0.717) is 6.04 Å². The smallest absolute Gasteiger partial charge is 0.191 e. The maximum atomic E-state index is 13.5. The van der Waals surface area contributed by atoms with Crippen molar-refractivity contribution in [3.63, 3.8) is 0 Å². The average molecular weight is 390 g/mol. The van der Waals surface area contributed by atoms with Crippen molar-refractivity contribution in [3.05, 3.63) is 30.1 Å². The highest BCUT2D eigenvalue weighted by Gasteiger charge is 2.22. The van der Waals surface area contributed by atoms with Gasteiger partial charge in [0.2, 0.25) is 0 Å². The molecule has 0 amide bonds. The first kappa shape index (κ1) is 20.9. The minimum absolute atomic E-state index is 0.171. The Hall–Kier alpha value is -1.82. The molecule has 2 saturated heterocycles. The van der Waals surface area contributed by atoms with Crippen molar-refractivity contribution >= 4 is 11.6 Å². The van der Waals surface area contributed by atoms with E-state index in [1.165, 1.54) is 45.0 Å². The Balaban J connectivity index is 1.41. The number of piperidine rings is 2. The predicted molar refractivity (Wildman–Crippen MR) is 116 cm³/mol. The molecule has 5 nitrogen and oxygen atoms in total. The number of likely N-dealkylation sites (tertiary alicyclic amines) is 1. The van der Waals surface area contributed by atoms with E-state index in [4.69, 9.17) is 0 Å². The SMILES string of the molecule is CCN1CCC(CCNC(=NC)NC2CCCN(c3cccc(F)c3)C2)CC1. The molecule has 2 N–H and O–H groups in total. The van der Waals surface area contributed by atoms with Gasteiger partial charge in [-0.15, -0.1) is 0 Å². The number of halogens is 1. The van der Waals surface area contributed by atoms with Crippen LogP contribution in [-0.2, 0) is 0 Å². The first-order valence-electron chi connectivity index (χ1n) is 10.9. The fraction of sp³-hybridized carbons (Fsp3) is 0.682. The van der Waals surface area contributed by atoms with Gasteiger partial charge >= 0.3 is 0 Å². The lowest BCUT2D eigenvalue weighted by Crippen LogP contribution is -2.51. The summed E-state index contributed by atoms with van der Waals surface area (Å²) < 4.78 is 13.5. The molecule has 28 heavy (non-hydrogen) atoms. The van der Waals surface area contributed by atoms with Crippen LogP contribution >= 0.6 is 0 Å². The van der Waals surface area contributed by atoms with Gasteiger partial charge < -0.3 is 20.4 Å². The molecule has 2 fully saturated rings. The maximum Gasteiger partial charge on any atom is 0.191 e. The molecule has 3 rings (SSSR count). The summed E-state index contributed by atoms with van der Waals surface area (Å²) in [6.45, 7) is 8.73. The number of benzene rings is 1. The van der Waals surface area contributed by atoms with Crippen LogP contribution in [0, 0.1) is 11.7 Å². The normalized spacial score (nSPS) is 22.3. The highest BCUT2D eigenvalue weighted by Crippen LogP contribution is 2.21. The number of rotatable bonds is 6. The minimum atomic E-state index is -0.171. The second-order valence-electron chi connectivity index (χ2n) is 8.07. The van der Waals surface area contributed by atoms with E-state index in [2.05, 4.69) is 32.3 Å². The fourth-order valence-corrected chi connectivity index (χ4v) is 4.38. The van der Waals surface area contributed by atoms with E-state index in [-0.39, 0.29) is 5.82 Å². The van der Waals surface area contributed by atoms with Crippen LogP contribution in [0.15, 0.2) is 29.3 Å². The molecule has 1 unspecified atom stereocenters. The summed E-state index contributed by atoms with van der Waals surface area (Å²) in [4.78, 5) is 9.21. The van der Waals surface area contributed by atoms with E-state index in [0.717, 1.165) is 50.0 Å². The molecule has 0 aromatic heterocycles. The Morgan fingerprint density at radius 1 is 1.21 bits per heavy atom. The Labute approximate surface area is 169 Å². The van der Waals surface area contributed by atoms with Crippen LogP contribution in [0.2, 0.25) is 0 Å². The molecular formula is C22H36FN5. The molecule has 0 bridgehead atoms. The maximum absolute atomic E-state index is 13.5. The van der Waals surface area contributed by atoms with Gasteiger partial charge in [0.1, 0.15) is 5.82 Å². The summed E-state index contributed by atoms with van der Waals surface area (Å²) in [5.41, 5.74) is 0.966. The van der Waals surface area contributed by atoms with Crippen LogP contribution in [-0.4, -0.2) is 63.2 Å². The molecule has 0 saturated carbocycles. The average Bonchev–Trinajstić information content (AvgIpc) is 2.73. The van der Waals surface area contributed by atoms with Gasteiger partial charge in [-0.05, 0) is 75.9 Å². The minimum Gasteiger partial charge on any atom is -0.369 e. The Kier molecular flexibility index (Phi) is 7.95. The largest absolute Gasteiger partial charge is 0.369 e. The number of guanidine groups is 1. The molecule has 2 aliphatic heterocycles. The number of nitrogens with zero attached hydrogens (tertiary/aromatic N) is 3. The highest BCUT2D eigenvalue weighted by molar-refractivity contribution is 5.80. The molecule has 156 valence electrons. The lowest BCUT2D eigenvalue weighted by molar-refractivity contribution is 0.187. The zero-order valence-electron chi connectivity index (χ0n) is 17.5. The molecule has 1 atom stereocenters. The molecular weight excluding hydrogens is 353 g/mol. The third-order valence-corrected chi connectivity index (χ3v) is 6.16. The summed E-state index contributed by atoms with van der Waals surface area (Å²) in [5.74, 6) is 1.54. The first-order chi connectivity index (χ1) is 13.7. The summed E-state index contributed by atoms with van der Waals surface area (Å²) >= 11 is 0. The van der Waals surface area contributed by atoms with Crippen molar-refractivity contribution in [1.82, 2.24) is 15.5 Å². The standard InChI is InChI=1S/C22H36FN5/c1-3-27-14-10-18(11-15-27)9-12-25-22(24-2)26-20-7-5-13-28(17-20)21-8-4-6-19(23)16-21/h4,6,8,16,18,20H,3,5,7,9-15,17H2,1-2H3,(H2,24,25,26). The topological polar surface area (TPSA) is 42.9 Å². The quantitative estimate of drug-likeness (QED) is 0.580. The van der Waals surface area contributed by atoms with E-state index in [9.17, 15) is 4.39 Å². The molecule has 0 spiro atoms. The first-order valence-corrected chi connectivity index (χ1v) is 10.9. The van der Waals surface area contributed by atoms with Crippen LogP contribution in [0.1, 0.15) is 39.0 Å². The monoisotopic (exact) mass is 389 g/mol. The summed E-state index contributed by atoms with van der Waals surface area (Å²) in [6.07, 6.45) is 6.04. The molecule has 1 aromatic rings. The summed E-state index contributed by atoms with van der Waals surface area (Å²) in [7, 11) is 1.84. The Bertz CT molecular complexity index is 627. The van der Waals surface area contributed by atoms with Gasteiger partial charge in [0.15, 0.2) is 5.96 Å². The lowest BCUT2D eigenvalue weighted by Gasteiger charge is -2.35. The van der Waals surface area contributed by atoms with Crippen molar-refractivity contribution in [2.24, 2.45) is 10.9 Å². The van der Waals surface area contributed by atoms with Crippen LogP contribution < -0.4 is 15.5 Å². The number of anilines is 1. The number of hydrogen-bond donors (Lipinski definition) is 2. The third kappa shape index (κ3) is 6.09. The van der Waals surface area contributed by atoms with E-state index >= 15 is 0 Å². The van der Waals surface area contributed by atoms with Gasteiger partial charge in [0.25, 0.3) is 0 Å². The second kappa shape index (κ2) is 10.6. The van der Waals surface area contributed by atoms with Crippen molar-refractivity contribution in [1.29, 1.82) is 0 Å². The van der Waals surface area contributed by atoms with Crippen molar-refractivity contribution in [3.8, 4) is 0 Å². The van der Waals surface area contributed by atoms with Crippen LogP contribution in [0.25, 0.3) is 0 Å². The summed E-state index contributed by atoms with van der Waals surface area (Å²) in [5, 5.41) is 7.07. The molecule has 0 aliphatic carbocycles. The van der Waals surface area contributed by atoms with Crippen LogP contribution in [0.3, 0.4) is 0 Å². The molecule has 1 aromatic carbocycles. The molecule has 6 heteroatoms. The Morgan fingerprint density at radius 3 is 2.75 bits per heavy atom. The van der Waals surface area contributed by atoms with Crippen LogP contribution in [0.5, 0.6) is 0 Å². The lowest BCUT2D eigenvalue weighted by atomic mass is 9.93. The van der Waals surface area contributed by atoms with Gasteiger partial charge in [-0.2, -0.15) is 0 Å². The van der Waals surface area contributed by atoms with Crippen molar-refractivity contribution < 1.29 is 4.39 Å². The van der Waals surface area contributed by atoms with Gasteiger partial charge in [-0.25, -0.2) is 4.39 Å². The van der Waals surface area contributed by atoms with Gasteiger partial charge in [-0.1, -0.05) is 13.0 Å². The van der Waals surface area contributed by atoms with Gasteiger partial charge in [0.05, 0.1) is 0 Å². The van der Waals surface area contributed by atoms with E-state index in [1.807, 2.05) is 13.1 Å². The van der Waals surface area contributed by atoms with Crippen molar-refractivity contribution in [2.75, 3.05) is 51.2 Å². The van der Waals surface area contributed by atoms with E-state index in [1.54, 1.807) is 12.1 Å². The predicted octanol–water partition coefficient (Wildman–Crippen LogP) is 3.08. The highest BCUT2D eigenvalue weighted by atomic mass is 19.1. The number of nitrogens with one attached hydrogen (secondary N) is 2. The second-order valence-corrected chi connectivity index (χ2v) is 8.07. The number of aliphatic imine (C=N–C) groups is 1. The molecule has 2 heterocycles. The molecule has 2 aliphatic rings. The van der Waals surface area contributed by atoms with Gasteiger partial charge in [0, 0.05) is 38.4 Å². The van der Waals surface area contributed by atoms with E-state index < -0.39 is 0 Å². The zero-order chi connectivity index (χ0) is 19.8. The Morgan fingerprint density at radius 2 is 2.04 bits per heavy atom. The van der Waals surface area contributed by atoms with Crippen LogP contribution in [0.4, 0.5) is 10.1 Å². The summed E-state index contributed by atoms with van der Waals surface area (Å²) in [6, 6.07) is 7.23. The number of hydrogen-bond acceptors (Lipinski definition) is 3. The van der Waals surface area contributed by atoms with Crippen molar-refractivity contribution in [2.45, 2.75) is 45.1 Å². The zero-order valence-corrected chi connectivity index (χ0v) is 17.5. The fourth-order valence-electron chi connectivity index (χ4n) is 4.38.